The number of Topliss-reactive ketones (excluding diaryl/α,β-unsaturated/α-hetero) is 1. The molecule has 0 radical (unpaired) electrons. The summed E-state index contributed by atoms with van der Waals surface area (Å²) in [4.78, 5) is 15.0. The van der Waals surface area contributed by atoms with Gasteiger partial charge in [-0.3, -0.25) is 4.79 Å². The molecule has 1 rings (SSSR count). The second kappa shape index (κ2) is 4.83. The van der Waals surface area contributed by atoms with Gasteiger partial charge < -0.3 is 20.4 Å². The number of ketones is 1. The van der Waals surface area contributed by atoms with Crippen molar-refractivity contribution in [3.8, 4) is 5.75 Å². The molecule has 6 heteroatoms. The predicted octanol–water partition coefficient (Wildman–Crippen LogP) is -1.32. The van der Waals surface area contributed by atoms with E-state index >= 15 is 0 Å². The van der Waals surface area contributed by atoms with Crippen molar-refractivity contribution in [3.63, 3.8) is 0 Å². The fourth-order valence-electron chi connectivity index (χ4n) is 1.00. The minimum atomic E-state index is -1.80. The van der Waals surface area contributed by atoms with E-state index in [9.17, 15) is 15.0 Å². The van der Waals surface area contributed by atoms with E-state index in [2.05, 4.69) is 4.98 Å². The molecular weight excluding hydrogens is 202 g/mol. The van der Waals surface area contributed by atoms with Crippen molar-refractivity contribution >= 4 is 5.78 Å². The number of pyridine rings is 1. The van der Waals surface area contributed by atoms with Gasteiger partial charge in [-0.2, -0.15) is 0 Å². The first-order valence-corrected chi connectivity index (χ1v) is 4.23. The third-order valence-corrected chi connectivity index (χ3v) is 1.84. The lowest BCUT2D eigenvalue weighted by Gasteiger charge is -2.13. The van der Waals surface area contributed by atoms with E-state index in [0.29, 0.717) is 0 Å². The van der Waals surface area contributed by atoms with E-state index in [0.717, 1.165) is 0 Å². The molecule has 0 spiro atoms. The highest BCUT2D eigenvalue weighted by atomic mass is 16.4. The summed E-state index contributed by atoms with van der Waals surface area (Å²) in [6, 6.07) is 2.65. The Morgan fingerprint density at radius 2 is 2.13 bits per heavy atom. The summed E-state index contributed by atoms with van der Waals surface area (Å²) in [6.07, 6.45) is -2.11. The van der Waals surface area contributed by atoms with Gasteiger partial charge in [0.25, 0.3) is 0 Å². The standard InChI is InChI=1S/C9H11NO5/c11-4-6(13)8(14)9(15)7-5(12)2-1-3-10-7/h1-3,6,8,11-14H,4H2. The molecule has 0 saturated heterocycles. The Bertz CT molecular complexity index is 354. The van der Waals surface area contributed by atoms with E-state index in [1.807, 2.05) is 0 Å². The van der Waals surface area contributed by atoms with Crippen LogP contribution >= 0.6 is 0 Å². The molecule has 0 aliphatic heterocycles. The van der Waals surface area contributed by atoms with Crippen LogP contribution in [0.1, 0.15) is 10.5 Å². The summed E-state index contributed by atoms with van der Waals surface area (Å²) >= 11 is 0. The van der Waals surface area contributed by atoms with Gasteiger partial charge in [0.15, 0.2) is 5.69 Å². The molecule has 1 aromatic rings. The van der Waals surface area contributed by atoms with Crippen molar-refractivity contribution in [2.24, 2.45) is 0 Å². The summed E-state index contributed by atoms with van der Waals surface area (Å²) in [5.74, 6) is -1.32. The molecular formula is C9H11NO5. The van der Waals surface area contributed by atoms with Crippen molar-refractivity contribution in [2.75, 3.05) is 6.61 Å². The van der Waals surface area contributed by atoms with Crippen LogP contribution in [-0.4, -0.2) is 50.0 Å². The molecule has 0 aliphatic carbocycles. The Kier molecular flexibility index (Phi) is 3.73. The van der Waals surface area contributed by atoms with Gasteiger partial charge in [0.1, 0.15) is 18.0 Å². The third kappa shape index (κ3) is 2.50. The molecule has 15 heavy (non-hydrogen) atoms. The lowest BCUT2D eigenvalue weighted by Crippen LogP contribution is -2.36. The number of aromatic hydroxyl groups is 1. The van der Waals surface area contributed by atoms with Gasteiger partial charge in [-0.25, -0.2) is 4.98 Å². The number of aromatic nitrogens is 1. The van der Waals surface area contributed by atoms with E-state index in [1.165, 1.54) is 18.3 Å². The molecule has 0 saturated carbocycles. The zero-order valence-electron chi connectivity index (χ0n) is 7.74. The van der Waals surface area contributed by atoms with E-state index in [4.69, 9.17) is 10.2 Å². The number of hydrogen-bond donors (Lipinski definition) is 4. The quantitative estimate of drug-likeness (QED) is 0.462. The first-order chi connectivity index (χ1) is 7.07. The lowest BCUT2D eigenvalue weighted by atomic mass is 10.1. The summed E-state index contributed by atoms with van der Waals surface area (Å²) in [5.41, 5.74) is -0.336. The van der Waals surface area contributed by atoms with Crippen LogP contribution in [0.15, 0.2) is 18.3 Å². The van der Waals surface area contributed by atoms with Crippen molar-refractivity contribution in [1.29, 1.82) is 0 Å². The number of aliphatic hydroxyl groups is 3. The van der Waals surface area contributed by atoms with Gasteiger partial charge in [-0.05, 0) is 12.1 Å². The molecule has 0 bridgehead atoms. The number of nitrogens with zero attached hydrogens (tertiary/aromatic N) is 1. The van der Waals surface area contributed by atoms with Crippen LogP contribution in [0.2, 0.25) is 0 Å². The molecule has 6 nitrogen and oxygen atoms in total. The average molecular weight is 213 g/mol. The van der Waals surface area contributed by atoms with Crippen LogP contribution in [0.4, 0.5) is 0 Å². The van der Waals surface area contributed by atoms with Crippen molar-refractivity contribution in [1.82, 2.24) is 4.98 Å². The van der Waals surface area contributed by atoms with E-state index in [1.54, 1.807) is 0 Å². The summed E-state index contributed by atoms with van der Waals surface area (Å²) < 4.78 is 0. The summed E-state index contributed by atoms with van der Waals surface area (Å²) in [6.45, 7) is -0.750. The molecule has 2 atom stereocenters. The Morgan fingerprint density at radius 1 is 1.47 bits per heavy atom. The Labute approximate surface area is 85.4 Å². The molecule has 4 N–H and O–H groups in total. The zero-order chi connectivity index (χ0) is 11.4. The fourth-order valence-corrected chi connectivity index (χ4v) is 1.00. The summed E-state index contributed by atoms with van der Waals surface area (Å²) in [7, 11) is 0. The van der Waals surface area contributed by atoms with Crippen LogP contribution in [0.3, 0.4) is 0 Å². The maximum Gasteiger partial charge on any atom is 0.216 e. The average Bonchev–Trinajstić information content (AvgIpc) is 2.26. The fraction of sp³-hybridized carbons (Fsp3) is 0.333. The van der Waals surface area contributed by atoms with E-state index < -0.39 is 24.6 Å². The van der Waals surface area contributed by atoms with Crippen molar-refractivity contribution < 1.29 is 25.2 Å². The highest BCUT2D eigenvalue weighted by Crippen LogP contribution is 2.15. The molecule has 2 unspecified atom stereocenters. The first kappa shape index (κ1) is 11.6. The lowest BCUT2D eigenvalue weighted by molar-refractivity contribution is -0.00529. The molecule has 0 fully saturated rings. The van der Waals surface area contributed by atoms with E-state index in [-0.39, 0.29) is 11.4 Å². The topological polar surface area (TPSA) is 111 Å². The van der Waals surface area contributed by atoms with Crippen LogP contribution in [-0.2, 0) is 0 Å². The Balaban J connectivity index is 2.90. The first-order valence-electron chi connectivity index (χ1n) is 4.23. The summed E-state index contributed by atoms with van der Waals surface area (Å²) in [5, 5.41) is 36.0. The van der Waals surface area contributed by atoms with Crippen molar-refractivity contribution in [2.45, 2.75) is 12.2 Å². The number of carbonyl (C=O) groups is 1. The highest BCUT2D eigenvalue weighted by molar-refractivity contribution is 6.00. The SMILES string of the molecule is O=C(c1ncccc1O)C(O)C(O)CO. The normalized spacial score (nSPS) is 14.6. The van der Waals surface area contributed by atoms with Gasteiger partial charge in [0.05, 0.1) is 6.61 Å². The minimum absolute atomic E-state index is 0.336. The van der Waals surface area contributed by atoms with Gasteiger partial charge in [0.2, 0.25) is 5.78 Å². The largest absolute Gasteiger partial charge is 0.506 e. The van der Waals surface area contributed by atoms with Gasteiger partial charge >= 0.3 is 0 Å². The maximum absolute atomic E-state index is 11.4. The van der Waals surface area contributed by atoms with Crippen LogP contribution in [0, 0.1) is 0 Å². The van der Waals surface area contributed by atoms with Crippen LogP contribution < -0.4 is 0 Å². The molecule has 0 aliphatic rings. The molecule has 82 valence electrons. The minimum Gasteiger partial charge on any atom is -0.506 e. The van der Waals surface area contributed by atoms with Crippen LogP contribution in [0.5, 0.6) is 5.75 Å². The predicted molar refractivity (Wildman–Crippen MR) is 49.3 cm³/mol. The number of hydrogen-bond acceptors (Lipinski definition) is 6. The third-order valence-electron chi connectivity index (χ3n) is 1.84. The zero-order valence-corrected chi connectivity index (χ0v) is 7.74. The van der Waals surface area contributed by atoms with Gasteiger partial charge in [-0.15, -0.1) is 0 Å². The molecule has 1 aromatic heterocycles. The smallest absolute Gasteiger partial charge is 0.216 e. The van der Waals surface area contributed by atoms with Gasteiger partial charge in [0, 0.05) is 6.20 Å². The second-order valence-corrected chi connectivity index (χ2v) is 2.93. The van der Waals surface area contributed by atoms with Crippen LogP contribution in [0.25, 0.3) is 0 Å². The maximum atomic E-state index is 11.4. The number of carbonyl (C=O) groups excluding carboxylic acids is 1. The van der Waals surface area contributed by atoms with Gasteiger partial charge in [-0.1, -0.05) is 0 Å². The van der Waals surface area contributed by atoms with Crippen molar-refractivity contribution in [3.05, 3.63) is 24.0 Å². The Hall–Kier alpha value is -1.50. The Morgan fingerprint density at radius 3 is 2.67 bits per heavy atom. The number of rotatable bonds is 4. The monoisotopic (exact) mass is 213 g/mol. The molecule has 1 heterocycles. The molecule has 0 amide bonds. The number of aliphatic hydroxyl groups excluding tert-OH is 3. The second-order valence-electron chi connectivity index (χ2n) is 2.93. The molecule has 0 aromatic carbocycles. The highest BCUT2D eigenvalue weighted by Gasteiger charge is 2.27.